The van der Waals surface area contributed by atoms with E-state index in [2.05, 4.69) is 0 Å². The molecule has 2 atom stereocenters. The first-order chi connectivity index (χ1) is 9.00. The van der Waals surface area contributed by atoms with Crippen molar-refractivity contribution < 1.29 is 10.2 Å². The third-order valence-corrected chi connectivity index (χ3v) is 4.44. The number of hydrogen-bond donors (Lipinski definition) is 3. The quantitative estimate of drug-likeness (QED) is 0.777. The first kappa shape index (κ1) is 17.9. The highest BCUT2D eigenvalue weighted by Crippen LogP contribution is 2.38. The number of nitrogens with two attached hydrogens (primary N) is 1. The van der Waals surface area contributed by atoms with Crippen LogP contribution in [-0.2, 0) is 0 Å². The van der Waals surface area contributed by atoms with Gasteiger partial charge < -0.3 is 15.9 Å². The molecule has 20 heavy (non-hydrogen) atoms. The third-order valence-electron chi connectivity index (χ3n) is 3.91. The fraction of sp³-hybridized carbons (Fsp3) is 0.571. The van der Waals surface area contributed by atoms with Crippen molar-refractivity contribution in [3.63, 3.8) is 0 Å². The van der Waals surface area contributed by atoms with Gasteiger partial charge >= 0.3 is 0 Å². The molecule has 0 radical (unpaired) electrons. The lowest BCUT2D eigenvalue weighted by Gasteiger charge is -2.31. The molecule has 1 fully saturated rings. The van der Waals surface area contributed by atoms with E-state index in [9.17, 15) is 10.2 Å². The van der Waals surface area contributed by atoms with Gasteiger partial charge in [-0.3, -0.25) is 0 Å². The van der Waals surface area contributed by atoms with Crippen LogP contribution in [0, 0.1) is 5.92 Å². The smallest absolute Gasteiger partial charge is 0.123 e. The van der Waals surface area contributed by atoms with Crippen LogP contribution in [0.25, 0.3) is 0 Å². The fourth-order valence-corrected chi connectivity index (χ4v) is 3.45. The highest BCUT2D eigenvalue weighted by atomic mass is 35.5. The summed E-state index contributed by atoms with van der Waals surface area (Å²) in [6, 6.07) is 2.25. The molecule has 0 unspecified atom stereocenters. The van der Waals surface area contributed by atoms with Crippen LogP contribution in [0.4, 0.5) is 0 Å². The Morgan fingerprint density at radius 2 is 1.75 bits per heavy atom. The van der Waals surface area contributed by atoms with Crippen molar-refractivity contribution in [2.24, 2.45) is 11.7 Å². The van der Waals surface area contributed by atoms with E-state index in [1.807, 2.05) is 0 Å². The summed E-state index contributed by atoms with van der Waals surface area (Å²) in [4.78, 5) is 0. The maximum absolute atomic E-state index is 10.4. The van der Waals surface area contributed by atoms with Crippen molar-refractivity contribution in [2.75, 3.05) is 0 Å². The Bertz CT molecular complexity index is 427. The number of phenols is 1. The van der Waals surface area contributed by atoms with Gasteiger partial charge in [-0.15, -0.1) is 12.4 Å². The minimum atomic E-state index is -0.690. The largest absolute Gasteiger partial charge is 0.507 e. The molecule has 1 aliphatic rings. The molecular weight excluding hydrogens is 321 g/mol. The van der Waals surface area contributed by atoms with Gasteiger partial charge in [0.25, 0.3) is 0 Å². The van der Waals surface area contributed by atoms with Crippen LogP contribution < -0.4 is 5.73 Å². The summed E-state index contributed by atoms with van der Waals surface area (Å²) >= 11 is 11.9. The minimum Gasteiger partial charge on any atom is -0.507 e. The monoisotopic (exact) mass is 339 g/mol. The second-order valence-corrected chi connectivity index (χ2v) is 6.08. The molecule has 3 nitrogen and oxygen atoms in total. The normalized spacial score (nSPS) is 19.2. The van der Waals surface area contributed by atoms with Gasteiger partial charge in [0.15, 0.2) is 0 Å². The Labute approximate surface area is 135 Å². The van der Waals surface area contributed by atoms with Crippen molar-refractivity contribution >= 4 is 35.6 Å². The van der Waals surface area contributed by atoms with E-state index in [0.717, 1.165) is 25.7 Å². The van der Waals surface area contributed by atoms with Gasteiger partial charge in [-0.05, 0) is 30.9 Å². The Hall–Kier alpha value is -0.190. The zero-order valence-electron chi connectivity index (χ0n) is 11.1. The summed E-state index contributed by atoms with van der Waals surface area (Å²) in [7, 11) is 0. The maximum atomic E-state index is 10.4. The second kappa shape index (κ2) is 7.71. The van der Waals surface area contributed by atoms with Crippen LogP contribution >= 0.6 is 35.6 Å². The molecule has 114 valence electrons. The molecule has 0 amide bonds. The Morgan fingerprint density at radius 1 is 1.15 bits per heavy atom. The molecule has 0 aliphatic heterocycles. The Balaban J connectivity index is 0.00000200. The van der Waals surface area contributed by atoms with Crippen molar-refractivity contribution in [3.05, 3.63) is 27.7 Å². The Morgan fingerprint density at radius 3 is 2.30 bits per heavy atom. The zero-order chi connectivity index (χ0) is 14.0. The summed E-state index contributed by atoms with van der Waals surface area (Å²) < 4.78 is 0. The number of halogens is 3. The molecule has 1 aromatic carbocycles. The molecule has 4 N–H and O–H groups in total. The lowest BCUT2D eigenvalue weighted by Crippen LogP contribution is -2.34. The van der Waals surface area contributed by atoms with E-state index >= 15 is 0 Å². The summed E-state index contributed by atoms with van der Waals surface area (Å²) in [5.74, 6) is 0.120. The molecular formula is C14H20Cl3NO2. The number of aromatic hydroxyl groups is 1. The van der Waals surface area contributed by atoms with Crippen molar-refractivity contribution in [2.45, 2.75) is 44.2 Å². The predicted molar refractivity (Wildman–Crippen MR) is 84.9 cm³/mol. The van der Waals surface area contributed by atoms with E-state index in [1.165, 1.54) is 18.6 Å². The van der Waals surface area contributed by atoms with Gasteiger partial charge in [-0.25, -0.2) is 0 Å². The van der Waals surface area contributed by atoms with Crippen molar-refractivity contribution in [1.82, 2.24) is 0 Å². The number of benzene rings is 1. The summed E-state index contributed by atoms with van der Waals surface area (Å²) in [5.41, 5.74) is 6.46. The van der Waals surface area contributed by atoms with Crippen molar-refractivity contribution in [3.8, 4) is 5.75 Å². The molecule has 2 rings (SSSR count). The minimum absolute atomic E-state index is 0. The first-order valence-corrected chi connectivity index (χ1v) is 7.38. The van der Waals surface area contributed by atoms with Crippen LogP contribution in [0.3, 0.4) is 0 Å². The van der Waals surface area contributed by atoms with E-state index in [1.54, 1.807) is 0 Å². The summed E-state index contributed by atoms with van der Waals surface area (Å²) in [6.45, 7) is 0. The van der Waals surface area contributed by atoms with Gasteiger partial charge in [0, 0.05) is 10.6 Å². The fourth-order valence-electron chi connectivity index (χ4n) is 2.84. The molecule has 0 aromatic heterocycles. The molecule has 1 saturated carbocycles. The second-order valence-electron chi connectivity index (χ2n) is 5.23. The number of aliphatic hydroxyl groups excluding tert-OH is 1. The van der Waals surface area contributed by atoms with Crippen LogP contribution in [0.5, 0.6) is 5.75 Å². The molecule has 0 saturated heterocycles. The predicted octanol–water partition coefficient (Wildman–Crippen LogP) is 4.06. The van der Waals surface area contributed by atoms with Gasteiger partial charge in [0.05, 0.1) is 17.2 Å². The first-order valence-electron chi connectivity index (χ1n) is 6.62. The lowest BCUT2D eigenvalue weighted by molar-refractivity contribution is 0.0611. The maximum Gasteiger partial charge on any atom is 0.123 e. The van der Waals surface area contributed by atoms with Gasteiger partial charge in [0.1, 0.15) is 5.75 Å². The molecule has 1 aliphatic carbocycles. The number of hydrogen-bond acceptors (Lipinski definition) is 3. The molecule has 0 spiro atoms. The van der Waals surface area contributed by atoms with Crippen LogP contribution in [-0.4, -0.2) is 16.3 Å². The summed E-state index contributed by atoms with van der Waals surface area (Å²) in [6.07, 6.45) is 4.71. The van der Waals surface area contributed by atoms with Gasteiger partial charge in [-0.2, -0.15) is 0 Å². The highest BCUT2D eigenvalue weighted by Gasteiger charge is 2.30. The topological polar surface area (TPSA) is 66.5 Å². The van der Waals surface area contributed by atoms with E-state index in [4.69, 9.17) is 28.9 Å². The SMILES string of the molecule is Cl.N[C@@H](c1c(O)cc(Cl)cc1Cl)[C@H](O)C1CCCCC1. The third kappa shape index (κ3) is 3.92. The number of phenolic OH excluding ortho intramolecular Hbond substituents is 1. The van der Waals surface area contributed by atoms with Crippen molar-refractivity contribution in [1.29, 1.82) is 0 Å². The van der Waals surface area contributed by atoms with Crippen LogP contribution in [0.2, 0.25) is 10.0 Å². The van der Waals surface area contributed by atoms with Gasteiger partial charge in [0.2, 0.25) is 0 Å². The van der Waals surface area contributed by atoms with Crippen LogP contribution in [0.15, 0.2) is 12.1 Å². The summed E-state index contributed by atoms with van der Waals surface area (Å²) in [5, 5.41) is 21.0. The van der Waals surface area contributed by atoms with Gasteiger partial charge in [-0.1, -0.05) is 42.5 Å². The number of rotatable bonds is 3. The molecule has 6 heteroatoms. The van der Waals surface area contributed by atoms with Crippen LogP contribution in [0.1, 0.15) is 43.7 Å². The average molecular weight is 341 g/mol. The zero-order valence-corrected chi connectivity index (χ0v) is 13.4. The molecule has 0 bridgehead atoms. The standard InChI is InChI=1S/C14H19Cl2NO2.ClH/c15-9-6-10(16)12(11(18)7-9)13(17)14(19)8-4-2-1-3-5-8;/h6-8,13-14,18-19H,1-5,17H2;1H/t13-,14+;/m0./s1. The lowest BCUT2D eigenvalue weighted by atomic mass is 9.81. The van der Waals surface area contributed by atoms with E-state index in [0.29, 0.717) is 15.6 Å². The molecule has 1 aromatic rings. The Kier molecular flexibility index (Phi) is 6.89. The molecule has 0 heterocycles. The van der Waals surface area contributed by atoms with E-state index < -0.39 is 12.1 Å². The van der Waals surface area contributed by atoms with E-state index in [-0.39, 0.29) is 24.1 Å². The average Bonchev–Trinajstić information content (AvgIpc) is 2.37. The highest BCUT2D eigenvalue weighted by molar-refractivity contribution is 6.35. The number of aliphatic hydroxyl groups is 1.